The van der Waals surface area contributed by atoms with Gasteiger partial charge in [-0.3, -0.25) is 4.79 Å². The Labute approximate surface area is 119 Å². The third-order valence-electron chi connectivity index (χ3n) is 3.19. The van der Waals surface area contributed by atoms with Gasteiger partial charge in [0.15, 0.2) is 0 Å². The maximum Gasteiger partial charge on any atom is 0.239 e. The van der Waals surface area contributed by atoms with Crippen LogP contribution >= 0.6 is 15.9 Å². The average molecular weight is 331 g/mol. The number of rotatable bonds is 5. The molecule has 0 aromatic heterocycles. The minimum atomic E-state index is -0.811. The summed E-state index contributed by atoms with van der Waals surface area (Å²) in [5, 5.41) is 3.03. The first kappa shape index (κ1) is 14.4. The minimum absolute atomic E-state index is 0.273. The number of nitrogens with two attached hydrogens (primary N) is 1. The molecule has 2 unspecified atom stereocenters. The van der Waals surface area contributed by atoms with Crippen molar-refractivity contribution in [3.8, 4) is 0 Å². The summed E-state index contributed by atoms with van der Waals surface area (Å²) in [4.78, 5) is 11.5. The van der Waals surface area contributed by atoms with E-state index in [1.165, 1.54) is 6.07 Å². The first-order valence-corrected chi connectivity index (χ1v) is 6.92. The van der Waals surface area contributed by atoms with Crippen molar-refractivity contribution in [2.75, 3.05) is 19.8 Å². The molecule has 19 heavy (non-hydrogen) atoms. The standard InChI is InChI=1S/C13H16BrFN2O2/c14-9-1-2-10(11(15)5-9)12(13(16)18)17-6-8-3-4-19-7-8/h1-2,5,8,12,17H,3-4,6-7H2,(H2,16,18). The number of ether oxygens (including phenoxy) is 1. The van der Waals surface area contributed by atoms with Gasteiger partial charge in [0.2, 0.25) is 5.91 Å². The van der Waals surface area contributed by atoms with Gasteiger partial charge in [-0.15, -0.1) is 0 Å². The first-order valence-electron chi connectivity index (χ1n) is 6.13. The molecule has 0 spiro atoms. The van der Waals surface area contributed by atoms with Crippen molar-refractivity contribution in [1.29, 1.82) is 0 Å². The molecule has 0 aliphatic carbocycles. The number of benzene rings is 1. The van der Waals surface area contributed by atoms with Crippen LogP contribution in [0.4, 0.5) is 4.39 Å². The zero-order chi connectivity index (χ0) is 13.8. The van der Waals surface area contributed by atoms with Crippen molar-refractivity contribution in [1.82, 2.24) is 5.32 Å². The molecule has 0 radical (unpaired) electrons. The van der Waals surface area contributed by atoms with Crippen LogP contribution in [0.5, 0.6) is 0 Å². The average Bonchev–Trinajstić information content (AvgIpc) is 2.84. The number of hydrogen-bond acceptors (Lipinski definition) is 3. The van der Waals surface area contributed by atoms with E-state index in [1.54, 1.807) is 12.1 Å². The van der Waals surface area contributed by atoms with Crippen LogP contribution in [0.25, 0.3) is 0 Å². The molecule has 1 aromatic rings. The van der Waals surface area contributed by atoms with Crippen molar-refractivity contribution >= 4 is 21.8 Å². The van der Waals surface area contributed by atoms with Crippen LogP contribution in [0.2, 0.25) is 0 Å². The third-order valence-corrected chi connectivity index (χ3v) is 3.69. The lowest BCUT2D eigenvalue weighted by molar-refractivity contribution is -0.120. The van der Waals surface area contributed by atoms with Crippen LogP contribution < -0.4 is 11.1 Å². The second-order valence-corrected chi connectivity index (χ2v) is 5.55. The summed E-state index contributed by atoms with van der Waals surface area (Å²) in [6.07, 6.45) is 0.946. The van der Waals surface area contributed by atoms with E-state index >= 15 is 0 Å². The molecule has 1 aliphatic rings. The molecule has 2 rings (SSSR count). The summed E-state index contributed by atoms with van der Waals surface area (Å²) in [7, 11) is 0. The first-order chi connectivity index (χ1) is 9.08. The van der Waals surface area contributed by atoms with Crippen LogP contribution in [0.15, 0.2) is 22.7 Å². The number of nitrogens with one attached hydrogen (secondary N) is 1. The molecule has 3 N–H and O–H groups in total. The Morgan fingerprint density at radius 1 is 1.63 bits per heavy atom. The molecular weight excluding hydrogens is 315 g/mol. The molecule has 1 aliphatic heterocycles. The predicted octanol–water partition coefficient (Wildman–Crippen LogP) is 1.74. The van der Waals surface area contributed by atoms with Gasteiger partial charge in [-0.05, 0) is 24.5 Å². The monoisotopic (exact) mass is 330 g/mol. The van der Waals surface area contributed by atoms with Gasteiger partial charge in [-0.1, -0.05) is 22.0 Å². The van der Waals surface area contributed by atoms with Gasteiger partial charge in [0.1, 0.15) is 11.9 Å². The van der Waals surface area contributed by atoms with Gasteiger partial charge in [0.25, 0.3) is 0 Å². The van der Waals surface area contributed by atoms with E-state index in [2.05, 4.69) is 21.2 Å². The van der Waals surface area contributed by atoms with Crippen molar-refractivity contribution in [2.24, 2.45) is 11.7 Å². The third kappa shape index (κ3) is 3.75. The van der Waals surface area contributed by atoms with E-state index in [0.717, 1.165) is 13.0 Å². The van der Waals surface area contributed by atoms with Gasteiger partial charge in [0, 0.05) is 23.2 Å². The fourth-order valence-electron chi connectivity index (χ4n) is 2.13. The zero-order valence-electron chi connectivity index (χ0n) is 10.4. The maximum absolute atomic E-state index is 13.9. The van der Waals surface area contributed by atoms with E-state index in [9.17, 15) is 9.18 Å². The number of carbonyl (C=O) groups is 1. The molecule has 6 heteroatoms. The lowest BCUT2D eigenvalue weighted by Gasteiger charge is -2.18. The molecular formula is C13H16BrFN2O2. The van der Waals surface area contributed by atoms with Crippen molar-refractivity contribution in [3.63, 3.8) is 0 Å². The second kappa shape index (κ2) is 6.45. The fraction of sp³-hybridized carbons (Fsp3) is 0.462. The lowest BCUT2D eigenvalue weighted by Crippen LogP contribution is -2.37. The summed E-state index contributed by atoms with van der Waals surface area (Å²) >= 11 is 3.18. The molecule has 1 fully saturated rings. The minimum Gasteiger partial charge on any atom is -0.381 e. The number of carbonyl (C=O) groups excluding carboxylic acids is 1. The molecule has 0 saturated carbocycles. The Kier molecular flexibility index (Phi) is 4.90. The Morgan fingerprint density at radius 2 is 2.42 bits per heavy atom. The quantitative estimate of drug-likeness (QED) is 0.864. The van der Waals surface area contributed by atoms with Gasteiger partial charge >= 0.3 is 0 Å². The van der Waals surface area contributed by atoms with E-state index in [0.29, 0.717) is 23.5 Å². The molecule has 1 saturated heterocycles. The summed E-state index contributed by atoms with van der Waals surface area (Å²) in [6, 6.07) is 3.77. The molecule has 4 nitrogen and oxygen atoms in total. The predicted molar refractivity (Wildman–Crippen MR) is 73.0 cm³/mol. The number of hydrogen-bond donors (Lipinski definition) is 2. The van der Waals surface area contributed by atoms with Crippen molar-refractivity contribution in [3.05, 3.63) is 34.1 Å². The SMILES string of the molecule is NC(=O)C(NCC1CCOC1)c1ccc(Br)cc1F. The molecule has 1 aromatic carbocycles. The van der Waals surface area contributed by atoms with Crippen LogP contribution in [0.1, 0.15) is 18.0 Å². The normalized spacial score (nSPS) is 20.4. The summed E-state index contributed by atoms with van der Waals surface area (Å²) in [6.45, 7) is 1.99. The molecule has 104 valence electrons. The summed E-state index contributed by atoms with van der Waals surface area (Å²) in [5.74, 6) is -0.686. The van der Waals surface area contributed by atoms with Crippen LogP contribution in [-0.2, 0) is 9.53 Å². The van der Waals surface area contributed by atoms with E-state index in [4.69, 9.17) is 10.5 Å². The Balaban J connectivity index is 2.08. The highest BCUT2D eigenvalue weighted by Gasteiger charge is 2.23. The largest absolute Gasteiger partial charge is 0.381 e. The number of primary amides is 1. The highest BCUT2D eigenvalue weighted by molar-refractivity contribution is 9.10. The van der Waals surface area contributed by atoms with Crippen LogP contribution in [-0.4, -0.2) is 25.7 Å². The summed E-state index contributed by atoms with van der Waals surface area (Å²) < 4.78 is 19.7. The zero-order valence-corrected chi connectivity index (χ0v) is 12.0. The Hall–Kier alpha value is -0.980. The van der Waals surface area contributed by atoms with Crippen LogP contribution in [0, 0.1) is 11.7 Å². The number of halogens is 2. The number of amides is 1. The van der Waals surface area contributed by atoms with E-state index < -0.39 is 17.8 Å². The van der Waals surface area contributed by atoms with Gasteiger partial charge in [0.05, 0.1) is 6.61 Å². The van der Waals surface area contributed by atoms with E-state index in [-0.39, 0.29) is 5.56 Å². The van der Waals surface area contributed by atoms with Gasteiger partial charge < -0.3 is 15.8 Å². The maximum atomic E-state index is 13.9. The van der Waals surface area contributed by atoms with Crippen LogP contribution in [0.3, 0.4) is 0 Å². The topological polar surface area (TPSA) is 64.4 Å². The van der Waals surface area contributed by atoms with Crippen molar-refractivity contribution in [2.45, 2.75) is 12.5 Å². The van der Waals surface area contributed by atoms with Crippen molar-refractivity contribution < 1.29 is 13.9 Å². The Morgan fingerprint density at radius 3 is 3.00 bits per heavy atom. The second-order valence-electron chi connectivity index (χ2n) is 4.64. The highest BCUT2D eigenvalue weighted by Crippen LogP contribution is 2.22. The Bertz CT molecular complexity index is 464. The van der Waals surface area contributed by atoms with Gasteiger partial charge in [-0.25, -0.2) is 4.39 Å². The summed E-state index contributed by atoms with van der Waals surface area (Å²) in [5.41, 5.74) is 5.62. The molecule has 2 atom stereocenters. The molecule has 1 heterocycles. The highest BCUT2D eigenvalue weighted by atomic mass is 79.9. The molecule has 0 bridgehead atoms. The lowest BCUT2D eigenvalue weighted by atomic mass is 10.0. The van der Waals surface area contributed by atoms with E-state index in [1.807, 2.05) is 0 Å². The van der Waals surface area contributed by atoms with Gasteiger partial charge in [-0.2, -0.15) is 0 Å². The molecule has 1 amide bonds. The smallest absolute Gasteiger partial charge is 0.239 e. The fourth-order valence-corrected chi connectivity index (χ4v) is 2.46.